The van der Waals surface area contributed by atoms with Crippen LogP contribution in [-0.2, 0) is 31.9 Å². The standard InChI is InChI=1S/C18H26N2O3.C5H5.Fe/c1-17(2)11-14(12-18(3,4)20(17)23)19-16(22)10-9-15(21)13-7-5-6-8-13;1-2-4-5-3-1;/h5-8,14H,9-12H2,1-4H3,(H,19,22);1-5H;/q;;+2. The molecule has 0 aromatic heterocycles. The smallest absolute Gasteiger partial charge is 0.353 e. The quantitative estimate of drug-likeness (QED) is 0.669. The summed E-state index contributed by atoms with van der Waals surface area (Å²) in [6.45, 7) is 7.61. The number of amides is 1. The van der Waals surface area contributed by atoms with Crippen molar-refractivity contribution in [3.63, 3.8) is 0 Å². The maximum absolute atomic E-state index is 12.3. The van der Waals surface area contributed by atoms with Crippen LogP contribution in [0.15, 0.2) is 0 Å². The molecule has 1 saturated heterocycles. The molecule has 29 heavy (non-hydrogen) atoms. The van der Waals surface area contributed by atoms with Crippen molar-refractivity contribution in [2.45, 2.75) is 70.5 Å². The minimum absolute atomic E-state index is 0. The summed E-state index contributed by atoms with van der Waals surface area (Å²) in [6.07, 6.45) is 18.8. The van der Waals surface area contributed by atoms with Crippen molar-refractivity contribution in [1.29, 1.82) is 0 Å². The van der Waals surface area contributed by atoms with E-state index in [2.05, 4.69) is 5.32 Å². The first kappa shape index (κ1) is 26.6. The molecule has 1 amide bonds. The van der Waals surface area contributed by atoms with Crippen LogP contribution in [0.1, 0.15) is 53.4 Å². The van der Waals surface area contributed by atoms with Gasteiger partial charge in [0.1, 0.15) is 5.78 Å². The number of nitrogens with one attached hydrogen (secondary N) is 1. The van der Waals surface area contributed by atoms with Crippen LogP contribution in [0.2, 0.25) is 0 Å². The van der Waals surface area contributed by atoms with Gasteiger partial charge in [0, 0.05) is 35.9 Å². The van der Waals surface area contributed by atoms with E-state index in [4.69, 9.17) is 0 Å². The van der Waals surface area contributed by atoms with Gasteiger partial charge in [0.15, 0.2) is 0 Å². The number of hydrogen-bond donors (Lipinski definition) is 1. The molecule has 2 saturated carbocycles. The fraction of sp³-hybridized carbons (Fsp3) is 0.478. The molecular weight excluding hydrogens is 408 g/mol. The SMILES string of the molecule is CC1(C)CC(NC(=O)CCC(=O)[C]2[CH][CH][CH][CH]2)CC(C)(C)N1[O].[CH]1[CH][CH][CH][CH]1.[Fe+2]. The van der Waals surface area contributed by atoms with Crippen molar-refractivity contribution in [3.05, 3.63) is 63.7 Å². The van der Waals surface area contributed by atoms with Gasteiger partial charge in [0.05, 0.1) is 0 Å². The second-order valence-electron chi connectivity index (χ2n) is 8.65. The molecule has 1 N–H and O–H groups in total. The average Bonchev–Trinajstić information content (AvgIpc) is 3.32. The van der Waals surface area contributed by atoms with E-state index < -0.39 is 11.1 Å². The van der Waals surface area contributed by atoms with Crippen molar-refractivity contribution in [3.8, 4) is 0 Å². The molecule has 1 heterocycles. The number of hydrogen-bond acceptors (Lipinski definition) is 3. The third kappa shape index (κ3) is 8.32. The van der Waals surface area contributed by atoms with E-state index in [0.717, 1.165) is 5.06 Å². The third-order valence-corrected chi connectivity index (χ3v) is 5.08. The molecule has 5 nitrogen and oxygen atoms in total. The zero-order valence-electron chi connectivity index (χ0n) is 17.6. The Morgan fingerprint density at radius 2 is 1.34 bits per heavy atom. The predicted octanol–water partition coefficient (Wildman–Crippen LogP) is 3.24. The maximum atomic E-state index is 12.3. The molecule has 0 aromatic carbocycles. The Bertz CT molecular complexity index is 501. The molecular formula is C23H31FeN2O3+2. The first-order chi connectivity index (χ1) is 13.1. The van der Waals surface area contributed by atoms with Crippen LogP contribution < -0.4 is 5.32 Å². The molecule has 3 rings (SSSR count). The maximum Gasteiger partial charge on any atom is 2.00 e. The van der Waals surface area contributed by atoms with E-state index >= 15 is 0 Å². The Balaban J connectivity index is 0.000000610. The molecule has 0 atom stereocenters. The largest absolute Gasteiger partial charge is 2.00 e. The molecule has 1 aliphatic heterocycles. The fourth-order valence-corrected chi connectivity index (χ4v) is 3.92. The molecule has 3 fully saturated rings. The van der Waals surface area contributed by atoms with E-state index in [-0.39, 0.29) is 47.6 Å². The molecule has 3 aliphatic rings. The summed E-state index contributed by atoms with van der Waals surface area (Å²) >= 11 is 0. The molecule has 11 radical (unpaired) electrons. The molecule has 0 unspecified atom stereocenters. The van der Waals surface area contributed by atoms with Crippen molar-refractivity contribution in [2.24, 2.45) is 0 Å². The fourth-order valence-electron chi connectivity index (χ4n) is 3.92. The van der Waals surface area contributed by atoms with Crippen LogP contribution in [-0.4, -0.2) is 33.9 Å². The van der Waals surface area contributed by atoms with Gasteiger partial charge in [0.25, 0.3) is 0 Å². The summed E-state index contributed by atoms with van der Waals surface area (Å²) in [5.41, 5.74) is -1.02. The number of nitrogens with zero attached hydrogens (tertiary/aromatic N) is 1. The third-order valence-electron chi connectivity index (χ3n) is 5.08. The summed E-state index contributed by atoms with van der Waals surface area (Å²) in [5, 5.41) is 16.4. The van der Waals surface area contributed by atoms with Crippen molar-refractivity contribution < 1.29 is 31.9 Å². The summed E-state index contributed by atoms with van der Waals surface area (Å²) in [4.78, 5) is 24.1. The van der Waals surface area contributed by atoms with Gasteiger partial charge in [-0.2, -0.15) is 0 Å². The van der Waals surface area contributed by atoms with Gasteiger partial charge < -0.3 is 5.32 Å². The molecule has 0 bridgehead atoms. The molecule has 157 valence electrons. The van der Waals surface area contributed by atoms with E-state index in [1.807, 2.05) is 72.6 Å². The van der Waals surface area contributed by atoms with Crippen LogP contribution in [0, 0.1) is 63.7 Å². The van der Waals surface area contributed by atoms with Gasteiger partial charge in [-0.3, -0.25) is 9.59 Å². The summed E-state index contributed by atoms with van der Waals surface area (Å²) in [6, 6.07) is -0.0354. The van der Waals surface area contributed by atoms with Crippen molar-refractivity contribution in [2.75, 3.05) is 0 Å². The number of carbonyl (C=O) groups excluding carboxylic acids is 2. The Hall–Kier alpha value is -0.421. The Morgan fingerprint density at radius 1 is 0.897 bits per heavy atom. The van der Waals surface area contributed by atoms with E-state index in [1.54, 1.807) is 12.8 Å². The first-order valence-corrected chi connectivity index (χ1v) is 9.80. The topological polar surface area (TPSA) is 69.3 Å². The van der Waals surface area contributed by atoms with Crippen LogP contribution in [0.4, 0.5) is 0 Å². The van der Waals surface area contributed by atoms with E-state index in [9.17, 15) is 14.8 Å². The molecule has 0 aromatic rings. The summed E-state index contributed by atoms with van der Waals surface area (Å²) in [5.74, 6) is 0.515. The van der Waals surface area contributed by atoms with E-state index in [1.165, 1.54) is 0 Å². The Kier molecular flexibility index (Phi) is 10.9. The first-order valence-electron chi connectivity index (χ1n) is 9.80. The molecule has 6 heteroatoms. The second-order valence-corrected chi connectivity index (χ2v) is 8.65. The van der Waals surface area contributed by atoms with Gasteiger partial charge >= 0.3 is 17.1 Å². The van der Waals surface area contributed by atoms with Crippen LogP contribution in [0.3, 0.4) is 0 Å². The predicted molar refractivity (Wildman–Crippen MR) is 108 cm³/mol. The van der Waals surface area contributed by atoms with Gasteiger partial charge in [-0.25, -0.2) is 0 Å². The molecule has 2 aliphatic carbocycles. The number of piperidine rings is 1. The number of Topliss-reactive ketones (excluding diaryl/α,β-unsaturated/α-hetero) is 1. The van der Waals surface area contributed by atoms with Gasteiger partial charge in [-0.15, -0.1) is 10.3 Å². The van der Waals surface area contributed by atoms with Gasteiger partial charge in [0.2, 0.25) is 5.91 Å². The zero-order valence-corrected chi connectivity index (χ0v) is 18.7. The minimum Gasteiger partial charge on any atom is -0.353 e. The van der Waals surface area contributed by atoms with Crippen LogP contribution >= 0.6 is 0 Å². The Labute approximate surface area is 188 Å². The van der Waals surface area contributed by atoms with Crippen LogP contribution in [0.5, 0.6) is 0 Å². The minimum atomic E-state index is -0.509. The van der Waals surface area contributed by atoms with Crippen LogP contribution in [0.25, 0.3) is 0 Å². The molecule has 0 spiro atoms. The number of hydroxylamine groups is 2. The normalized spacial score (nSPS) is 24.3. The number of ketones is 1. The summed E-state index contributed by atoms with van der Waals surface area (Å²) in [7, 11) is 0. The van der Waals surface area contributed by atoms with Crippen molar-refractivity contribution >= 4 is 11.7 Å². The van der Waals surface area contributed by atoms with E-state index in [0.29, 0.717) is 18.8 Å². The van der Waals surface area contributed by atoms with Gasteiger partial charge in [-0.05, 0) is 98.3 Å². The monoisotopic (exact) mass is 439 g/mol. The average molecular weight is 439 g/mol. The zero-order chi connectivity index (χ0) is 20.8. The Morgan fingerprint density at radius 3 is 1.79 bits per heavy atom. The van der Waals surface area contributed by atoms with Crippen molar-refractivity contribution in [1.82, 2.24) is 10.4 Å². The number of carbonyl (C=O) groups is 2. The summed E-state index contributed by atoms with van der Waals surface area (Å²) < 4.78 is 0. The van der Waals surface area contributed by atoms with Gasteiger partial charge in [-0.1, -0.05) is 0 Å². The second kappa shape index (κ2) is 11.8. The number of rotatable bonds is 5.